The van der Waals surface area contributed by atoms with Crippen molar-refractivity contribution in [1.29, 1.82) is 5.26 Å². The van der Waals surface area contributed by atoms with Crippen molar-refractivity contribution >= 4 is 40.6 Å². The molecule has 0 aliphatic rings. The number of benzene rings is 2. The SMILES string of the molecule is N#CC(C(=O)Nc1ccc(C(F)(F)F)cc1)C(=O)c1ccc(Cl)cc1Cl. The molecule has 1 atom stereocenters. The summed E-state index contributed by atoms with van der Waals surface area (Å²) < 4.78 is 37.6. The normalized spacial score (nSPS) is 12.2. The molecule has 4 nitrogen and oxygen atoms in total. The molecule has 0 heterocycles. The van der Waals surface area contributed by atoms with Gasteiger partial charge in [0.05, 0.1) is 16.7 Å². The standard InChI is InChI=1S/C17H9Cl2F3N2O2/c18-10-3-6-12(14(19)7-10)15(25)13(8-23)16(26)24-11-4-1-9(2-5-11)17(20,21)22/h1-7,13H,(H,24,26). The van der Waals surface area contributed by atoms with Gasteiger partial charge in [-0.3, -0.25) is 9.59 Å². The minimum atomic E-state index is -4.51. The smallest absolute Gasteiger partial charge is 0.325 e. The maximum absolute atomic E-state index is 12.5. The third kappa shape index (κ3) is 4.54. The molecule has 26 heavy (non-hydrogen) atoms. The summed E-state index contributed by atoms with van der Waals surface area (Å²) >= 11 is 11.6. The largest absolute Gasteiger partial charge is 0.416 e. The summed E-state index contributed by atoms with van der Waals surface area (Å²) in [5.41, 5.74) is -0.945. The van der Waals surface area contributed by atoms with Gasteiger partial charge in [0.1, 0.15) is 0 Å². The third-order valence-corrected chi connectivity index (χ3v) is 3.88. The van der Waals surface area contributed by atoms with Crippen LogP contribution in [0, 0.1) is 17.2 Å². The summed E-state index contributed by atoms with van der Waals surface area (Å²) in [7, 11) is 0. The van der Waals surface area contributed by atoms with Gasteiger partial charge in [-0.25, -0.2) is 0 Å². The Kier molecular flexibility index (Phi) is 5.90. The van der Waals surface area contributed by atoms with E-state index in [4.69, 9.17) is 28.5 Å². The Balaban J connectivity index is 2.18. The maximum atomic E-state index is 12.5. The zero-order valence-electron chi connectivity index (χ0n) is 12.8. The molecule has 1 unspecified atom stereocenters. The minimum absolute atomic E-state index is 0.0123. The number of ketones is 1. The Morgan fingerprint density at radius 2 is 1.69 bits per heavy atom. The fraction of sp³-hybridized carbons (Fsp3) is 0.118. The summed E-state index contributed by atoms with van der Waals surface area (Å²) in [6, 6.07) is 9.10. The Morgan fingerprint density at radius 3 is 2.19 bits per heavy atom. The Hall–Kier alpha value is -2.56. The lowest BCUT2D eigenvalue weighted by atomic mass is 9.98. The summed E-state index contributed by atoms with van der Waals surface area (Å²) in [6.07, 6.45) is -4.51. The Morgan fingerprint density at radius 1 is 1.08 bits per heavy atom. The zero-order valence-corrected chi connectivity index (χ0v) is 14.3. The molecule has 0 spiro atoms. The van der Waals surface area contributed by atoms with Crippen LogP contribution in [0.15, 0.2) is 42.5 Å². The van der Waals surface area contributed by atoms with Crippen LogP contribution in [0.4, 0.5) is 18.9 Å². The van der Waals surface area contributed by atoms with Gasteiger partial charge in [-0.1, -0.05) is 23.2 Å². The van der Waals surface area contributed by atoms with Crippen LogP contribution in [0.3, 0.4) is 0 Å². The van der Waals surface area contributed by atoms with Gasteiger partial charge in [0.25, 0.3) is 0 Å². The van der Waals surface area contributed by atoms with Crippen LogP contribution in [-0.2, 0) is 11.0 Å². The summed E-state index contributed by atoms with van der Waals surface area (Å²) in [6.45, 7) is 0. The van der Waals surface area contributed by atoms with Crippen molar-refractivity contribution in [2.45, 2.75) is 6.18 Å². The predicted octanol–water partition coefficient (Wildman–Crippen LogP) is 4.97. The third-order valence-electron chi connectivity index (χ3n) is 3.33. The van der Waals surface area contributed by atoms with Crippen LogP contribution < -0.4 is 5.32 Å². The molecule has 0 bridgehead atoms. The molecular formula is C17H9Cl2F3N2O2. The molecule has 0 saturated heterocycles. The van der Waals surface area contributed by atoms with Crippen molar-refractivity contribution in [3.05, 3.63) is 63.6 Å². The van der Waals surface area contributed by atoms with Crippen LogP contribution in [-0.4, -0.2) is 11.7 Å². The van der Waals surface area contributed by atoms with Gasteiger partial charge in [0.2, 0.25) is 5.91 Å². The lowest BCUT2D eigenvalue weighted by molar-refractivity contribution is -0.137. The molecular weight excluding hydrogens is 392 g/mol. The molecule has 0 saturated carbocycles. The quantitative estimate of drug-likeness (QED) is 0.581. The van der Waals surface area contributed by atoms with Gasteiger partial charge in [0, 0.05) is 16.3 Å². The first kappa shape index (κ1) is 19.8. The van der Waals surface area contributed by atoms with Crippen LogP contribution >= 0.6 is 23.2 Å². The second kappa shape index (κ2) is 7.77. The van der Waals surface area contributed by atoms with E-state index in [1.165, 1.54) is 18.2 Å². The second-order valence-electron chi connectivity index (χ2n) is 5.11. The van der Waals surface area contributed by atoms with E-state index >= 15 is 0 Å². The number of alkyl halides is 3. The number of hydrogen-bond donors (Lipinski definition) is 1. The van der Waals surface area contributed by atoms with Gasteiger partial charge in [-0.15, -0.1) is 0 Å². The first-order valence-corrected chi connectivity index (χ1v) is 7.76. The number of nitriles is 1. The molecule has 2 rings (SSSR count). The van der Waals surface area contributed by atoms with Crippen molar-refractivity contribution in [2.75, 3.05) is 5.32 Å². The van der Waals surface area contributed by atoms with Gasteiger partial charge in [0.15, 0.2) is 11.7 Å². The van der Waals surface area contributed by atoms with E-state index in [9.17, 15) is 22.8 Å². The number of anilines is 1. The number of rotatable bonds is 4. The molecule has 0 aliphatic carbocycles. The predicted molar refractivity (Wildman–Crippen MR) is 90.0 cm³/mol. The van der Waals surface area contributed by atoms with Crippen molar-refractivity contribution in [2.24, 2.45) is 5.92 Å². The highest BCUT2D eigenvalue weighted by Crippen LogP contribution is 2.30. The number of Topliss-reactive ketones (excluding diaryl/α,β-unsaturated/α-hetero) is 1. The number of carbonyl (C=O) groups is 2. The fourth-order valence-electron chi connectivity index (χ4n) is 2.04. The maximum Gasteiger partial charge on any atom is 0.416 e. The second-order valence-corrected chi connectivity index (χ2v) is 5.96. The van der Waals surface area contributed by atoms with Crippen molar-refractivity contribution < 1.29 is 22.8 Å². The van der Waals surface area contributed by atoms with Crippen molar-refractivity contribution in [3.63, 3.8) is 0 Å². The van der Waals surface area contributed by atoms with E-state index in [0.717, 1.165) is 24.3 Å². The molecule has 0 aromatic heterocycles. The minimum Gasteiger partial charge on any atom is -0.325 e. The molecule has 9 heteroatoms. The van der Waals surface area contributed by atoms with Gasteiger partial charge >= 0.3 is 6.18 Å². The van der Waals surface area contributed by atoms with E-state index in [1.807, 2.05) is 0 Å². The number of carbonyl (C=O) groups excluding carboxylic acids is 2. The first-order chi connectivity index (χ1) is 12.1. The first-order valence-electron chi connectivity index (χ1n) is 7.00. The summed E-state index contributed by atoms with van der Waals surface area (Å²) in [5.74, 6) is -3.56. The van der Waals surface area contributed by atoms with Crippen LogP contribution in [0.1, 0.15) is 15.9 Å². The summed E-state index contributed by atoms with van der Waals surface area (Å²) in [4.78, 5) is 24.5. The van der Waals surface area contributed by atoms with E-state index in [0.29, 0.717) is 0 Å². The molecule has 2 aromatic carbocycles. The van der Waals surface area contributed by atoms with E-state index in [1.54, 1.807) is 6.07 Å². The van der Waals surface area contributed by atoms with Crippen LogP contribution in [0.25, 0.3) is 0 Å². The molecule has 0 aliphatic heterocycles. The van der Waals surface area contributed by atoms with E-state index in [2.05, 4.69) is 5.32 Å². The average molecular weight is 401 g/mol. The highest BCUT2D eigenvalue weighted by molar-refractivity contribution is 6.37. The van der Waals surface area contributed by atoms with Crippen molar-refractivity contribution in [1.82, 2.24) is 0 Å². The summed E-state index contributed by atoms with van der Waals surface area (Å²) in [5, 5.41) is 11.6. The monoisotopic (exact) mass is 400 g/mol. The molecule has 2 aromatic rings. The number of nitrogens with zero attached hydrogens (tertiary/aromatic N) is 1. The number of nitrogens with one attached hydrogen (secondary N) is 1. The zero-order chi connectivity index (χ0) is 19.5. The van der Waals surface area contributed by atoms with Gasteiger partial charge in [-0.05, 0) is 42.5 Å². The van der Waals surface area contributed by atoms with Crippen molar-refractivity contribution in [3.8, 4) is 6.07 Å². The van der Waals surface area contributed by atoms with Gasteiger partial charge < -0.3 is 5.32 Å². The topological polar surface area (TPSA) is 70.0 Å². The number of halogens is 5. The van der Waals surface area contributed by atoms with Gasteiger partial charge in [-0.2, -0.15) is 18.4 Å². The van der Waals surface area contributed by atoms with E-state index in [-0.39, 0.29) is 21.3 Å². The number of hydrogen-bond acceptors (Lipinski definition) is 3. The highest BCUT2D eigenvalue weighted by atomic mass is 35.5. The van der Waals surface area contributed by atoms with E-state index < -0.39 is 29.3 Å². The average Bonchev–Trinajstić information content (AvgIpc) is 2.55. The van der Waals surface area contributed by atoms with Crippen LogP contribution in [0.2, 0.25) is 10.0 Å². The lowest BCUT2D eigenvalue weighted by Gasteiger charge is -2.12. The highest BCUT2D eigenvalue weighted by Gasteiger charge is 2.31. The molecule has 0 radical (unpaired) electrons. The lowest BCUT2D eigenvalue weighted by Crippen LogP contribution is -2.28. The molecule has 1 amide bonds. The van der Waals surface area contributed by atoms with Crippen LogP contribution in [0.5, 0.6) is 0 Å². The molecule has 0 fully saturated rings. The Labute approximate surface area is 156 Å². The number of amides is 1. The molecule has 134 valence electrons. The fourth-order valence-corrected chi connectivity index (χ4v) is 2.54. The molecule has 1 N–H and O–H groups in total. The Bertz CT molecular complexity index is 890.